The molecule has 1 unspecified atom stereocenters. The van der Waals surface area contributed by atoms with Gasteiger partial charge in [0.2, 0.25) is 5.91 Å². The molecular weight excluding hydrogens is 374 g/mol. The van der Waals surface area contributed by atoms with Crippen molar-refractivity contribution in [2.75, 3.05) is 24.1 Å². The van der Waals surface area contributed by atoms with Crippen molar-refractivity contribution in [1.82, 2.24) is 15.2 Å². The van der Waals surface area contributed by atoms with Gasteiger partial charge in [0.1, 0.15) is 6.04 Å². The summed E-state index contributed by atoms with van der Waals surface area (Å²) in [6.07, 6.45) is 5.62. The second kappa shape index (κ2) is 9.47. The molecule has 0 radical (unpaired) electrons. The number of carbonyl (C=O) groups excluding carboxylic acids is 1. The molecule has 162 valence electrons. The van der Waals surface area contributed by atoms with Gasteiger partial charge >= 0.3 is 0 Å². The fourth-order valence-electron chi connectivity index (χ4n) is 4.15. The number of nitrogens with zero attached hydrogens (tertiary/aromatic N) is 2. The summed E-state index contributed by atoms with van der Waals surface area (Å²) in [6, 6.07) is 4.05. The zero-order chi connectivity index (χ0) is 21.8. The van der Waals surface area contributed by atoms with E-state index in [4.69, 9.17) is 5.73 Å². The summed E-state index contributed by atoms with van der Waals surface area (Å²) in [4.78, 5) is 19.3. The zero-order valence-corrected chi connectivity index (χ0v) is 18.9. The predicted molar refractivity (Wildman–Crippen MR) is 124 cm³/mol. The van der Waals surface area contributed by atoms with E-state index < -0.39 is 0 Å². The quantitative estimate of drug-likeness (QED) is 0.636. The minimum Gasteiger partial charge on any atom is -0.398 e. The fourth-order valence-corrected chi connectivity index (χ4v) is 4.15. The summed E-state index contributed by atoms with van der Waals surface area (Å²) >= 11 is 0. The Hall–Kier alpha value is -2.60. The van der Waals surface area contributed by atoms with Crippen LogP contribution in [0.4, 0.5) is 11.4 Å². The molecule has 1 aromatic heterocycles. The molecular formula is C24H35N5O. The lowest BCUT2D eigenvalue weighted by Crippen LogP contribution is -2.48. The predicted octanol–water partition coefficient (Wildman–Crippen LogP) is 3.48. The van der Waals surface area contributed by atoms with E-state index in [1.807, 2.05) is 33.2 Å². The van der Waals surface area contributed by atoms with Gasteiger partial charge in [-0.3, -0.25) is 14.7 Å². The standard InChI is InChI=1S/C24H35N5O/c1-15-17(3)23(18(4)16(2)22(15)25)27-19(5)24(30)28-21-8-12-29(13-9-21)14-20-6-10-26-11-7-20/h6-7,10-11,19,21,27H,8-9,12-14,25H2,1-5H3,(H,28,30). The van der Waals surface area contributed by atoms with Crippen molar-refractivity contribution in [3.05, 3.63) is 52.3 Å². The lowest BCUT2D eigenvalue weighted by Gasteiger charge is -2.33. The molecule has 1 atom stereocenters. The molecule has 1 saturated heterocycles. The third-order valence-corrected chi connectivity index (χ3v) is 6.53. The van der Waals surface area contributed by atoms with E-state index in [0.717, 1.165) is 66.1 Å². The monoisotopic (exact) mass is 409 g/mol. The molecule has 1 aliphatic rings. The van der Waals surface area contributed by atoms with Gasteiger partial charge in [0.25, 0.3) is 0 Å². The molecule has 0 saturated carbocycles. The van der Waals surface area contributed by atoms with Gasteiger partial charge in [-0.25, -0.2) is 0 Å². The van der Waals surface area contributed by atoms with Crippen LogP contribution in [0, 0.1) is 27.7 Å². The molecule has 2 heterocycles. The molecule has 1 aliphatic heterocycles. The average Bonchev–Trinajstić information content (AvgIpc) is 2.76. The van der Waals surface area contributed by atoms with Crippen LogP contribution in [0.2, 0.25) is 0 Å². The zero-order valence-electron chi connectivity index (χ0n) is 18.9. The van der Waals surface area contributed by atoms with Crippen LogP contribution in [-0.2, 0) is 11.3 Å². The van der Waals surface area contributed by atoms with E-state index in [1.165, 1.54) is 5.56 Å². The van der Waals surface area contributed by atoms with E-state index in [0.29, 0.717) is 0 Å². The Morgan fingerprint density at radius 2 is 1.67 bits per heavy atom. The first-order valence-electron chi connectivity index (χ1n) is 10.8. The van der Waals surface area contributed by atoms with Crippen molar-refractivity contribution >= 4 is 17.3 Å². The van der Waals surface area contributed by atoms with Crippen LogP contribution in [0.3, 0.4) is 0 Å². The summed E-state index contributed by atoms with van der Waals surface area (Å²) < 4.78 is 0. The van der Waals surface area contributed by atoms with Crippen molar-refractivity contribution in [3.63, 3.8) is 0 Å². The largest absolute Gasteiger partial charge is 0.398 e. The van der Waals surface area contributed by atoms with Crippen LogP contribution in [0.5, 0.6) is 0 Å². The first-order chi connectivity index (χ1) is 14.3. The van der Waals surface area contributed by atoms with Crippen LogP contribution in [0.1, 0.15) is 47.6 Å². The van der Waals surface area contributed by atoms with Crippen molar-refractivity contribution in [2.24, 2.45) is 0 Å². The summed E-state index contributed by atoms with van der Waals surface area (Å²) in [6.45, 7) is 13.0. The molecule has 1 amide bonds. The number of carbonyl (C=O) groups is 1. The highest BCUT2D eigenvalue weighted by Crippen LogP contribution is 2.32. The first kappa shape index (κ1) is 22.1. The number of rotatable bonds is 6. The summed E-state index contributed by atoms with van der Waals surface area (Å²) in [5.41, 5.74) is 13.7. The van der Waals surface area contributed by atoms with Gasteiger partial charge in [0, 0.05) is 49.4 Å². The number of likely N-dealkylation sites (tertiary alicyclic amines) is 1. The van der Waals surface area contributed by atoms with E-state index in [9.17, 15) is 4.79 Å². The number of benzene rings is 1. The van der Waals surface area contributed by atoms with Gasteiger partial charge in [-0.1, -0.05) is 0 Å². The number of hydrogen-bond acceptors (Lipinski definition) is 5. The Balaban J connectivity index is 1.53. The third-order valence-electron chi connectivity index (χ3n) is 6.53. The lowest BCUT2D eigenvalue weighted by molar-refractivity contribution is -0.122. The highest BCUT2D eigenvalue weighted by Gasteiger charge is 2.24. The number of nitrogen functional groups attached to an aromatic ring is 1. The normalized spacial score (nSPS) is 16.3. The number of piperidine rings is 1. The molecule has 6 heteroatoms. The van der Waals surface area contributed by atoms with Gasteiger partial charge in [-0.05, 0) is 87.4 Å². The Labute approximate surface area is 180 Å². The molecule has 30 heavy (non-hydrogen) atoms. The molecule has 1 fully saturated rings. The SMILES string of the molecule is Cc1c(C)c(NC(C)C(=O)NC2CCN(Cc3ccncc3)CC2)c(C)c(C)c1N. The molecule has 0 aliphatic carbocycles. The number of pyridine rings is 1. The van der Waals surface area contributed by atoms with Gasteiger partial charge in [0.05, 0.1) is 0 Å². The van der Waals surface area contributed by atoms with Crippen molar-refractivity contribution in [1.29, 1.82) is 0 Å². The molecule has 0 bridgehead atoms. The van der Waals surface area contributed by atoms with Crippen LogP contribution < -0.4 is 16.4 Å². The summed E-state index contributed by atoms with van der Waals surface area (Å²) in [7, 11) is 0. The topological polar surface area (TPSA) is 83.3 Å². The molecule has 1 aromatic carbocycles. The number of nitrogens with one attached hydrogen (secondary N) is 2. The van der Waals surface area contributed by atoms with Crippen LogP contribution in [-0.4, -0.2) is 41.0 Å². The number of nitrogens with two attached hydrogens (primary N) is 1. The molecule has 6 nitrogen and oxygen atoms in total. The van der Waals surface area contributed by atoms with Crippen LogP contribution >= 0.6 is 0 Å². The molecule has 2 aromatic rings. The van der Waals surface area contributed by atoms with Crippen molar-refractivity contribution < 1.29 is 4.79 Å². The Kier molecular flexibility index (Phi) is 6.98. The minimum absolute atomic E-state index is 0.0496. The maximum atomic E-state index is 12.8. The van der Waals surface area contributed by atoms with Gasteiger partial charge in [-0.2, -0.15) is 0 Å². The Morgan fingerprint density at radius 3 is 2.23 bits per heavy atom. The second-order valence-electron chi connectivity index (χ2n) is 8.57. The number of anilines is 2. The van der Waals surface area contributed by atoms with Crippen LogP contribution in [0.15, 0.2) is 24.5 Å². The van der Waals surface area contributed by atoms with Crippen molar-refractivity contribution in [2.45, 2.75) is 66.1 Å². The maximum absolute atomic E-state index is 12.8. The van der Waals surface area contributed by atoms with E-state index in [2.05, 4.69) is 46.5 Å². The lowest BCUT2D eigenvalue weighted by atomic mass is 9.95. The van der Waals surface area contributed by atoms with E-state index >= 15 is 0 Å². The number of hydrogen-bond donors (Lipinski definition) is 3. The minimum atomic E-state index is -0.306. The van der Waals surface area contributed by atoms with E-state index in [-0.39, 0.29) is 18.0 Å². The highest BCUT2D eigenvalue weighted by molar-refractivity contribution is 5.85. The molecule has 0 spiro atoms. The average molecular weight is 410 g/mol. The van der Waals surface area contributed by atoms with Crippen molar-refractivity contribution in [3.8, 4) is 0 Å². The smallest absolute Gasteiger partial charge is 0.242 e. The Bertz CT molecular complexity index is 859. The third kappa shape index (κ3) is 4.93. The molecule has 4 N–H and O–H groups in total. The van der Waals surface area contributed by atoms with Crippen LogP contribution in [0.25, 0.3) is 0 Å². The van der Waals surface area contributed by atoms with E-state index in [1.54, 1.807) is 0 Å². The second-order valence-corrected chi connectivity index (χ2v) is 8.57. The summed E-state index contributed by atoms with van der Waals surface area (Å²) in [5, 5.41) is 6.67. The maximum Gasteiger partial charge on any atom is 0.242 e. The van der Waals surface area contributed by atoms with Gasteiger partial charge in [-0.15, -0.1) is 0 Å². The first-order valence-corrected chi connectivity index (χ1v) is 10.8. The fraction of sp³-hybridized carbons (Fsp3) is 0.500. The summed E-state index contributed by atoms with van der Waals surface area (Å²) in [5.74, 6) is 0.0496. The highest BCUT2D eigenvalue weighted by atomic mass is 16.2. The van der Waals surface area contributed by atoms with Gasteiger partial charge in [0.15, 0.2) is 0 Å². The number of amides is 1. The number of aromatic nitrogens is 1. The molecule has 3 rings (SSSR count). The van der Waals surface area contributed by atoms with Gasteiger partial charge < -0.3 is 16.4 Å². The Morgan fingerprint density at radius 1 is 1.10 bits per heavy atom.